The zero-order valence-corrected chi connectivity index (χ0v) is 13.3. The summed E-state index contributed by atoms with van der Waals surface area (Å²) in [4.78, 5) is 27.3. The molecule has 2 amide bonds. The van der Waals surface area contributed by atoms with Gasteiger partial charge in [0, 0.05) is 26.6 Å². The van der Waals surface area contributed by atoms with Crippen LogP contribution in [0.3, 0.4) is 0 Å². The third kappa shape index (κ3) is 3.43. The Morgan fingerprint density at radius 2 is 1.91 bits per heavy atom. The molecule has 3 heterocycles. The SMILES string of the molecule is CC(=O)N1CCC2O[C@H](COCC(=O)N3CCCC3)CCC21. The van der Waals surface area contributed by atoms with Crippen molar-refractivity contribution in [3.63, 3.8) is 0 Å². The van der Waals surface area contributed by atoms with E-state index >= 15 is 0 Å². The van der Waals surface area contributed by atoms with Gasteiger partial charge in [-0.2, -0.15) is 0 Å². The van der Waals surface area contributed by atoms with E-state index in [2.05, 4.69) is 0 Å². The van der Waals surface area contributed by atoms with Gasteiger partial charge >= 0.3 is 0 Å². The molecule has 0 saturated carbocycles. The normalized spacial score (nSPS) is 31.4. The van der Waals surface area contributed by atoms with Gasteiger partial charge in [-0.3, -0.25) is 9.59 Å². The van der Waals surface area contributed by atoms with Gasteiger partial charge in [-0.1, -0.05) is 0 Å². The highest BCUT2D eigenvalue weighted by Gasteiger charge is 2.40. The molecule has 6 heteroatoms. The topological polar surface area (TPSA) is 59.1 Å². The first-order valence-corrected chi connectivity index (χ1v) is 8.43. The van der Waals surface area contributed by atoms with Gasteiger partial charge in [0.1, 0.15) is 6.61 Å². The number of carbonyl (C=O) groups excluding carboxylic acids is 2. The first-order valence-electron chi connectivity index (χ1n) is 8.43. The molecule has 6 nitrogen and oxygen atoms in total. The first kappa shape index (κ1) is 15.7. The smallest absolute Gasteiger partial charge is 0.248 e. The molecule has 3 aliphatic rings. The second-order valence-electron chi connectivity index (χ2n) is 6.55. The molecule has 3 aliphatic heterocycles. The summed E-state index contributed by atoms with van der Waals surface area (Å²) in [5.74, 6) is 0.233. The van der Waals surface area contributed by atoms with Gasteiger partial charge < -0.3 is 19.3 Å². The number of ether oxygens (including phenoxy) is 2. The lowest BCUT2D eigenvalue weighted by atomic mass is 9.99. The summed E-state index contributed by atoms with van der Waals surface area (Å²) < 4.78 is 11.6. The second kappa shape index (κ2) is 6.96. The molecule has 0 radical (unpaired) electrons. The minimum atomic E-state index is 0.0551. The molecule has 3 atom stereocenters. The number of likely N-dealkylation sites (tertiary alicyclic amines) is 2. The minimum absolute atomic E-state index is 0.0551. The summed E-state index contributed by atoms with van der Waals surface area (Å²) in [6.45, 7) is 4.79. The lowest BCUT2D eigenvalue weighted by Crippen LogP contribution is -2.45. The van der Waals surface area contributed by atoms with E-state index < -0.39 is 0 Å². The van der Waals surface area contributed by atoms with Gasteiger partial charge in [0.2, 0.25) is 11.8 Å². The van der Waals surface area contributed by atoms with E-state index in [1.165, 1.54) is 0 Å². The van der Waals surface area contributed by atoms with Crippen molar-refractivity contribution in [2.45, 2.75) is 57.3 Å². The minimum Gasteiger partial charge on any atom is -0.370 e. The van der Waals surface area contributed by atoms with Gasteiger partial charge in [-0.15, -0.1) is 0 Å². The van der Waals surface area contributed by atoms with Gasteiger partial charge in [-0.25, -0.2) is 0 Å². The van der Waals surface area contributed by atoms with E-state index in [-0.39, 0.29) is 36.7 Å². The van der Waals surface area contributed by atoms with Crippen LogP contribution in [0.25, 0.3) is 0 Å². The summed E-state index contributed by atoms with van der Waals surface area (Å²) in [5, 5.41) is 0. The molecule has 0 bridgehead atoms. The largest absolute Gasteiger partial charge is 0.370 e. The third-order valence-corrected chi connectivity index (χ3v) is 5.03. The van der Waals surface area contributed by atoms with Crippen molar-refractivity contribution in [1.29, 1.82) is 0 Å². The molecule has 22 heavy (non-hydrogen) atoms. The average Bonchev–Trinajstić information content (AvgIpc) is 3.16. The number of hydrogen-bond donors (Lipinski definition) is 0. The number of hydrogen-bond acceptors (Lipinski definition) is 4. The lowest BCUT2D eigenvalue weighted by Gasteiger charge is -2.35. The van der Waals surface area contributed by atoms with Crippen molar-refractivity contribution >= 4 is 11.8 Å². The Kier molecular flexibility index (Phi) is 4.98. The predicted octanol–water partition coefficient (Wildman–Crippen LogP) is 0.794. The summed E-state index contributed by atoms with van der Waals surface area (Å²) >= 11 is 0. The van der Waals surface area contributed by atoms with Gasteiger partial charge in [-0.05, 0) is 32.1 Å². The second-order valence-corrected chi connectivity index (χ2v) is 6.55. The zero-order valence-electron chi connectivity index (χ0n) is 13.3. The van der Waals surface area contributed by atoms with Crippen LogP contribution in [0, 0.1) is 0 Å². The summed E-state index contributed by atoms with van der Waals surface area (Å²) in [6.07, 6.45) is 5.18. The van der Waals surface area contributed by atoms with E-state index in [0.717, 1.165) is 51.7 Å². The quantitative estimate of drug-likeness (QED) is 0.770. The summed E-state index contributed by atoms with van der Waals surface area (Å²) in [6, 6.07) is 0.236. The fourth-order valence-electron chi connectivity index (χ4n) is 3.85. The van der Waals surface area contributed by atoms with E-state index in [9.17, 15) is 9.59 Å². The highest BCUT2D eigenvalue weighted by atomic mass is 16.5. The molecule has 0 N–H and O–H groups in total. The number of amides is 2. The molecule has 3 saturated heterocycles. The Hall–Kier alpha value is -1.14. The Balaban J connectivity index is 1.38. The summed E-state index contributed by atoms with van der Waals surface area (Å²) in [7, 11) is 0. The number of nitrogens with zero attached hydrogens (tertiary/aromatic N) is 2. The highest BCUT2D eigenvalue weighted by Crippen LogP contribution is 2.31. The van der Waals surface area contributed by atoms with E-state index in [0.29, 0.717) is 6.61 Å². The molecule has 124 valence electrons. The molecule has 0 aromatic rings. The van der Waals surface area contributed by atoms with Crippen LogP contribution in [0.2, 0.25) is 0 Å². The molecule has 0 spiro atoms. The van der Waals surface area contributed by atoms with Crippen molar-refractivity contribution in [2.24, 2.45) is 0 Å². The predicted molar refractivity (Wildman–Crippen MR) is 80.3 cm³/mol. The van der Waals surface area contributed by atoms with Gasteiger partial charge in [0.25, 0.3) is 0 Å². The maximum atomic E-state index is 11.9. The van der Waals surface area contributed by atoms with E-state index in [1.807, 2.05) is 9.80 Å². The Morgan fingerprint density at radius 1 is 1.14 bits per heavy atom. The van der Waals surface area contributed by atoms with Crippen LogP contribution in [0.5, 0.6) is 0 Å². The Labute approximate surface area is 131 Å². The van der Waals surface area contributed by atoms with Crippen LogP contribution in [0.4, 0.5) is 0 Å². The molecule has 0 aromatic carbocycles. The van der Waals surface area contributed by atoms with Crippen LogP contribution < -0.4 is 0 Å². The average molecular weight is 310 g/mol. The molecular formula is C16H26N2O4. The Bertz CT molecular complexity index is 422. The van der Waals surface area contributed by atoms with Crippen molar-refractivity contribution in [2.75, 3.05) is 32.8 Å². The van der Waals surface area contributed by atoms with Crippen LogP contribution in [0.1, 0.15) is 39.0 Å². The molecular weight excluding hydrogens is 284 g/mol. The standard InChI is InChI=1S/C16H26N2O4/c1-12(19)18-9-6-15-14(18)5-4-13(22-15)10-21-11-16(20)17-7-2-3-8-17/h13-15H,2-11H2,1H3/t13-,14?,15?/m0/s1. The third-order valence-electron chi connectivity index (χ3n) is 5.03. The maximum absolute atomic E-state index is 11.9. The van der Waals surface area contributed by atoms with E-state index in [4.69, 9.17) is 9.47 Å². The number of rotatable bonds is 4. The summed E-state index contributed by atoms with van der Waals surface area (Å²) in [5.41, 5.74) is 0. The fraction of sp³-hybridized carbons (Fsp3) is 0.875. The molecule has 3 rings (SSSR count). The van der Waals surface area contributed by atoms with Crippen LogP contribution in [-0.2, 0) is 19.1 Å². The van der Waals surface area contributed by atoms with Crippen LogP contribution in [0.15, 0.2) is 0 Å². The number of carbonyl (C=O) groups is 2. The van der Waals surface area contributed by atoms with Crippen molar-refractivity contribution in [3.8, 4) is 0 Å². The Morgan fingerprint density at radius 3 is 2.64 bits per heavy atom. The molecule has 0 aromatic heterocycles. The maximum Gasteiger partial charge on any atom is 0.248 e. The highest BCUT2D eigenvalue weighted by molar-refractivity contribution is 5.77. The fourth-order valence-corrected chi connectivity index (χ4v) is 3.85. The van der Waals surface area contributed by atoms with Crippen LogP contribution in [-0.4, -0.2) is 72.7 Å². The van der Waals surface area contributed by atoms with Crippen molar-refractivity contribution in [3.05, 3.63) is 0 Å². The lowest BCUT2D eigenvalue weighted by molar-refractivity contribution is -0.143. The monoisotopic (exact) mass is 310 g/mol. The van der Waals surface area contributed by atoms with E-state index in [1.54, 1.807) is 6.92 Å². The first-order chi connectivity index (χ1) is 10.6. The number of fused-ring (bicyclic) bond motifs is 1. The van der Waals surface area contributed by atoms with Gasteiger partial charge in [0.05, 0.1) is 24.9 Å². The molecule has 3 fully saturated rings. The van der Waals surface area contributed by atoms with Gasteiger partial charge in [0.15, 0.2) is 0 Å². The zero-order chi connectivity index (χ0) is 15.5. The molecule has 0 aliphatic carbocycles. The van der Waals surface area contributed by atoms with Crippen molar-refractivity contribution < 1.29 is 19.1 Å². The van der Waals surface area contributed by atoms with Crippen LogP contribution >= 0.6 is 0 Å². The van der Waals surface area contributed by atoms with Crippen molar-refractivity contribution in [1.82, 2.24) is 9.80 Å². The molecule has 2 unspecified atom stereocenters.